The second kappa shape index (κ2) is 6.23. The number of hydrogen-bond acceptors (Lipinski definition) is 5. The number of methoxy groups -OCH3 is 1. The van der Waals surface area contributed by atoms with E-state index in [4.69, 9.17) is 14.0 Å². The van der Waals surface area contributed by atoms with Crippen LogP contribution in [0.3, 0.4) is 0 Å². The highest BCUT2D eigenvalue weighted by atomic mass is 16.5. The van der Waals surface area contributed by atoms with Crippen molar-refractivity contribution in [2.45, 2.75) is 44.8 Å². The molecule has 1 N–H and O–H groups in total. The Balaban J connectivity index is 1.53. The highest BCUT2D eigenvalue weighted by molar-refractivity contribution is 5.88. The maximum atomic E-state index is 12.8. The van der Waals surface area contributed by atoms with E-state index in [1.165, 1.54) is 0 Å². The fourth-order valence-corrected chi connectivity index (χ4v) is 3.18. The lowest BCUT2D eigenvalue weighted by Crippen LogP contribution is -2.44. The van der Waals surface area contributed by atoms with Crippen molar-refractivity contribution in [2.75, 3.05) is 19.0 Å². The lowest BCUT2D eigenvalue weighted by Gasteiger charge is -2.29. The topological polar surface area (TPSA) is 76.8 Å². The SMILES string of the molecule is COc1ccc2c(c1)OC(C)(C)CN(C(=O)Nc1cc(C3CC3)on1)C2. The third kappa shape index (κ3) is 3.47. The van der Waals surface area contributed by atoms with Gasteiger partial charge >= 0.3 is 6.03 Å². The molecule has 1 aromatic carbocycles. The summed E-state index contributed by atoms with van der Waals surface area (Å²) in [6.45, 7) is 4.82. The zero-order valence-corrected chi connectivity index (χ0v) is 15.2. The molecule has 2 amide bonds. The number of ether oxygens (including phenoxy) is 2. The predicted octanol–water partition coefficient (Wildman–Crippen LogP) is 3.77. The number of urea groups is 1. The Morgan fingerprint density at radius 3 is 2.88 bits per heavy atom. The van der Waals surface area contributed by atoms with Crippen molar-refractivity contribution >= 4 is 11.8 Å². The average Bonchev–Trinajstić information content (AvgIpc) is 3.36. The standard InChI is InChI=1S/C19H23N3O4/c1-19(2)11-22(10-13-6-7-14(24-3)8-15(13)25-19)18(23)20-17-9-16(26-21-17)12-4-5-12/h6-9,12H,4-5,10-11H2,1-3H3,(H,20,21,23). The Kier molecular flexibility index (Phi) is 4.01. The summed E-state index contributed by atoms with van der Waals surface area (Å²) >= 11 is 0. The van der Waals surface area contributed by atoms with Crippen molar-refractivity contribution in [3.8, 4) is 11.5 Å². The molecule has 1 aromatic heterocycles. The lowest BCUT2D eigenvalue weighted by atomic mass is 10.1. The molecule has 0 radical (unpaired) electrons. The van der Waals surface area contributed by atoms with Gasteiger partial charge in [-0.15, -0.1) is 0 Å². The second-order valence-electron chi connectivity index (χ2n) is 7.51. The molecular formula is C19H23N3O4. The molecule has 2 aromatic rings. The summed E-state index contributed by atoms with van der Waals surface area (Å²) in [7, 11) is 1.62. The van der Waals surface area contributed by atoms with E-state index in [-0.39, 0.29) is 6.03 Å². The number of anilines is 1. The van der Waals surface area contributed by atoms with Crippen molar-refractivity contribution in [1.29, 1.82) is 0 Å². The van der Waals surface area contributed by atoms with Crippen molar-refractivity contribution < 1.29 is 18.8 Å². The summed E-state index contributed by atoms with van der Waals surface area (Å²) < 4.78 is 16.7. The molecule has 4 rings (SSSR count). The van der Waals surface area contributed by atoms with Crippen molar-refractivity contribution in [3.05, 3.63) is 35.6 Å². The predicted molar refractivity (Wildman–Crippen MR) is 95.6 cm³/mol. The van der Waals surface area contributed by atoms with Crippen LogP contribution in [-0.2, 0) is 6.54 Å². The normalized spacial score (nSPS) is 18.5. The van der Waals surface area contributed by atoms with Crippen LogP contribution in [0.25, 0.3) is 0 Å². The van der Waals surface area contributed by atoms with Crippen LogP contribution in [0.1, 0.15) is 43.9 Å². The Hall–Kier alpha value is -2.70. The van der Waals surface area contributed by atoms with Gasteiger partial charge in [0, 0.05) is 23.6 Å². The van der Waals surface area contributed by atoms with Gasteiger partial charge in [-0.1, -0.05) is 5.16 Å². The van der Waals surface area contributed by atoms with E-state index < -0.39 is 5.60 Å². The molecule has 26 heavy (non-hydrogen) atoms. The fourth-order valence-electron chi connectivity index (χ4n) is 3.18. The average molecular weight is 357 g/mol. The van der Waals surface area contributed by atoms with Gasteiger partial charge in [-0.3, -0.25) is 5.32 Å². The summed E-state index contributed by atoms with van der Waals surface area (Å²) in [5, 5.41) is 6.79. The van der Waals surface area contributed by atoms with E-state index in [2.05, 4.69) is 10.5 Å². The third-order valence-corrected chi connectivity index (χ3v) is 4.62. The van der Waals surface area contributed by atoms with E-state index in [0.29, 0.717) is 24.8 Å². The van der Waals surface area contributed by atoms with Gasteiger partial charge in [-0.25, -0.2) is 4.79 Å². The lowest BCUT2D eigenvalue weighted by molar-refractivity contribution is 0.0832. The van der Waals surface area contributed by atoms with Crippen molar-refractivity contribution in [1.82, 2.24) is 10.1 Å². The van der Waals surface area contributed by atoms with E-state index in [9.17, 15) is 4.79 Å². The van der Waals surface area contributed by atoms with Crippen LogP contribution in [0.4, 0.5) is 10.6 Å². The summed E-state index contributed by atoms with van der Waals surface area (Å²) in [6, 6.07) is 7.25. The number of nitrogens with one attached hydrogen (secondary N) is 1. The Morgan fingerprint density at radius 2 is 2.15 bits per heavy atom. The van der Waals surface area contributed by atoms with E-state index in [1.807, 2.05) is 38.1 Å². The van der Waals surface area contributed by atoms with Crippen LogP contribution >= 0.6 is 0 Å². The molecule has 1 aliphatic heterocycles. The molecule has 2 aliphatic rings. The molecule has 2 heterocycles. The molecule has 0 saturated heterocycles. The van der Waals surface area contributed by atoms with Crippen LogP contribution < -0.4 is 14.8 Å². The first-order valence-electron chi connectivity index (χ1n) is 8.82. The van der Waals surface area contributed by atoms with Crippen molar-refractivity contribution in [3.63, 3.8) is 0 Å². The summed E-state index contributed by atoms with van der Waals surface area (Å²) in [5.74, 6) is 3.22. The number of nitrogens with zero attached hydrogens (tertiary/aromatic N) is 2. The zero-order valence-electron chi connectivity index (χ0n) is 15.2. The Morgan fingerprint density at radius 1 is 1.35 bits per heavy atom. The van der Waals surface area contributed by atoms with Crippen LogP contribution in [0.2, 0.25) is 0 Å². The van der Waals surface area contributed by atoms with Crippen molar-refractivity contribution in [2.24, 2.45) is 0 Å². The number of aromatic nitrogens is 1. The molecule has 138 valence electrons. The summed E-state index contributed by atoms with van der Waals surface area (Å²) in [6.07, 6.45) is 2.25. The molecule has 0 spiro atoms. The van der Waals surface area contributed by atoms with E-state index in [1.54, 1.807) is 12.0 Å². The van der Waals surface area contributed by atoms with Gasteiger partial charge in [0.05, 0.1) is 20.2 Å². The van der Waals surface area contributed by atoms with E-state index >= 15 is 0 Å². The smallest absolute Gasteiger partial charge is 0.323 e. The highest BCUT2D eigenvalue weighted by Crippen LogP contribution is 2.40. The molecule has 7 heteroatoms. The number of benzene rings is 1. The third-order valence-electron chi connectivity index (χ3n) is 4.62. The van der Waals surface area contributed by atoms with Gasteiger partial charge in [0.15, 0.2) is 5.82 Å². The molecular weight excluding hydrogens is 334 g/mol. The molecule has 0 bridgehead atoms. The zero-order chi connectivity index (χ0) is 18.3. The minimum atomic E-state index is -0.530. The highest BCUT2D eigenvalue weighted by Gasteiger charge is 2.33. The number of carbonyl (C=O) groups excluding carboxylic acids is 1. The number of rotatable bonds is 3. The number of fused-ring (bicyclic) bond motifs is 1. The first kappa shape index (κ1) is 16.8. The quantitative estimate of drug-likeness (QED) is 0.905. The molecule has 1 aliphatic carbocycles. The Bertz CT molecular complexity index is 826. The van der Waals surface area contributed by atoms with E-state index in [0.717, 1.165) is 35.7 Å². The minimum Gasteiger partial charge on any atom is -0.497 e. The monoisotopic (exact) mass is 357 g/mol. The van der Waals surface area contributed by atoms with Crippen LogP contribution in [0.15, 0.2) is 28.8 Å². The van der Waals surface area contributed by atoms with Crippen LogP contribution in [0, 0.1) is 0 Å². The molecule has 0 atom stereocenters. The first-order chi connectivity index (χ1) is 12.4. The molecule has 1 saturated carbocycles. The van der Waals surface area contributed by atoms with Crippen LogP contribution in [-0.4, -0.2) is 35.3 Å². The molecule has 0 unspecified atom stereocenters. The van der Waals surface area contributed by atoms with Gasteiger partial charge in [0.2, 0.25) is 0 Å². The maximum Gasteiger partial charge on any atom is 0.323 e. The number of amides is 2. The van der Waals surface area contributed by atoms with Gasteiger partial charge in [-0.2, -0.15) is 0 Å². The minimum absolute atomic E-state index is 0.221. The molecule has 7 nitrogen and oxygen atoms in total. The van der Waals surface area contributed by atoms with Gasteiger partial charge in [0.25, 0.3) is 0 Å². The maximum absolute atomic E-state index is 12.8. The van der Waals surface area contributed by atoms with Gasteiger partial charge < -0.3 is 18.9 Å². The summed E-state index contributed by atoms with van der Waals surface area (Å²) in [5.41, 5.74) is 0.406. The van der Waals surface area contributed by atoms with Gasteiger partial charge in [-0.05, 0) is 38.8 Å². The fraction of sp³-hybridized carbons (Fsp3) is 0.474. The Labute approximate surface area is 152 Å². The number of hydrogen-bond donors (Lipinski definition) is 1. The molecule has 1 fully saturated rings. The van der Waals surface area contributed by atoms with Crippen LogP contribution in [0.5, 0.6) is 11.5 Å². The second-order valence-corrected chi connectivity index (χ2v) is 7.51. The first-order valence-corrected chi connectivity index (χ1v) is 8.82. The van der Waals surface area contributed by atoms with Gasteiger partial charge in [0.1, 0.15) is 22.9 Å². The largest absolute Gasteiger partial charge is 0.497 e. The summed E-state index contributed by atoms with van der Waals surface area (Å²) in [4.78, 5) is 14.5. The number of carbonyl (C=O) groups is 1.